The number of carbonyl (C=O) groups is 2. The highest BCUT2D eigenvalue weighted by atomic mass is 32.2. The van der Waals surface area contributed by atoms with Gasteiger partial charge in [-0.25, -0.2) is 8.42 Å². The van der Waals surface area contributed by atoms with E-state index in [0.717, 1.165) is 4.31 Å². The van der Waals surface area contributed by atoms with Gasteiger partial charge in [0.2, 0.25) is 15.9 Å². The number of amides is 1. The Morgan fingerprint density at radius 1 is 1.19 bits per heavy atom. The third-order valence-electron chi connectivity index (χ3n) is 4.23. The van der Waals surface area contributed by atoms with Gasteiger partial charge in [-0.3, -0.25) is 14.6 Å². The van der Waals surface area contributed by atoms with Crippen LogP contribution < -0.4 is 5.32 Å². The Bertz CT molecular complexity index is 903. The van der Waals surface area contributed by atoms with Crippen LogP contribution in [-0.4, -0.2) is 54.8 Å². The molecular formula is C18H21N3O5S. The first-order valence-corrected chi connectivity index (χ1v) is 9.54. The van der Waals surface area contributed by atoms with E-state index in [0.29, 0.717) is 5.56 Å². The van der Waals surface area contributed by atoms with Crippen LogP contribution in [0.15, 0.2) is 59.8 Å². The van der Waals surface area contributed by atoms with Gasteiger partial charge in [0.25, 0.3) is 0 Å². The lowest BCUT2D eigenvalue weighted by Crippen LogP contribution is -2.47. The van der Waals surface area contributed by atoms with Crippen molar-refractivity contribution in [2.24, 2.45) is 0 Å². The number of hydrogen-bond acceptors (Lipinski definition) is 5. The summed E-state index contributed by atoms with van der Waals surface area (Å²) in [6, 6.07) is 11.4. The highest BCUT2D eigenvalue weighted by molar-refractivity contribution is 7.89. The summed E-state index contributed by atoms with van der Waals surface area (Å²) in [5.74, 6) is -1.70. The van der Waals surface area contributed by atoms with Gasteiger partial charge in [-0.1, -0.05) is 30.3 Å². The maximum atomic E-state index is 12.4. The molecule has 144 valence electrons. The lowest BCUT2D eigenvalue weighted by atomic mass is 9.82. The summed E-state index contributed by atoms with van der Waals surface area (Å²) in [6.45, 7) is 0.884. The molecule has 1 aromatic heterocycles. The second-order valence-corrected chi connectivity index (χ2v) is 8.27. The number of carboxylic acids is 1. The van der Waals surface area contributed by atoms with Crippen LogP contribution in [-0.2, 0) is 25.0 Å². The third-order valence-corrected chi connectivity index (χ3v) is 6.02. The van der Waals surface area contributed by atoms with E-state index in [9.17, 15) is 23.1 Å². The van der Waals surface area contributed by atoms with E-state index in [-0.39, 0.29) is 11.4 Å². The maximum Gasteiger partial charge on any atom is 0.315 e. The fourth-order valence-electron chi connectivity index (χ4n) is 2.41. The van der Waals surface area contributed by atoms with Crippen molar-refractivity contribution < 1.29 is 23.1 Å². The molecule has 1 unspecified atom stereocenters. The van der Waals surface area contributed by atoms with Crippen LogP contribution in [0.5, 0.6) is 0 Å². The SMILES string of the molecule is CN(CC(=O)NCC(C)(C(=O)O)c1ccccc1)S(=O)(=O)c1cccnc1. The second-order valence-electron chi connectivity index (χ2n) is 6.23. The van der Waals surface area contributed by atoms with Gasteiger partial charge in [0, 0.05) is 26.0 Å². The zero-order valence-corrected chi connectivity index (χ0v) is 15.8. The van der Waals surface area contributed by atoms with Crippen LogP contribution in [0.3, 0.4) is 0 Å². The second kappa shape index (κ2) is 8.28. The first-order chi connectivity index (χ1) is 12.7. The molecule has 2 rings (SSSR count). The van der Waals surface area contributed by atoms with Crippen molar-refractivity contribution in [2.75, 3.05) is 20.1 Å². The highest BCUT2D eigenvalue weighted by Gasteiger charge is 2.35. The van der Waals surface area contributed by atoms with Gasteiger partial charge in [0.05, 0.1) is 6.54 Å². The zero-order valence-electron chi connectivity index (χ0n) is 15.0. The Morgan fingerprint density at radius 3 is 2.41 bits per heavy atom. The third kappa shape index (κ3) is 4.69. The molecule has 1 atom stereocenters. The quantitative estimate of drug-likeness (QED) is 0.689. The lowest BCUT2D eigenvalue weighted by Gasteiger charge is -2.26. The topological polar surface area (TPSA) is 117 Å². The number of aromatic nitrogens is 1. The number of hydrogen-bond donors (Lipinski definition) is 2. The number of aliphatic carboxylic acids is 1. The number of benzene rings is 1. The number of carbonyl (C=O) groups excluding carboxylic acids is 1. The molecule has 2 aromatic rings. The molecule has 1 aromatic carbocycles. The molecule has 0 spiro atoms. The number of sulfonamides is 1. The monoisotopic (exact) mass is 391 g/mol. The minimum absolute atomic E-state index is 0.0278. The summed E-state index contributed by atoms with van der Waals surface area (Å²) in [7, 11) is -2.59. The van der Waals surface area contributed by atoms with Gasteiger partial charge < -0.3 is 10.4 Å². The van der Waals surface area contributed by atoms with E-state index in [2.05, 4.69) is 10.3 Å². The van der Waals surface area contributed by atoms with Crippen LogP contribution in [0.4, 0.5) is 0 Å². The minimum atomic E-state index is -3.86. The average molecular weight is 391 g/mol. The van der Waals surface area contributed by atoms with E-state index in [1.165, 1.54) is 38.5 Å². The van der Waals surface area contributed by atoms with Crippen LogP contribution in [0, 0.1) is 0 Å². The minimum Gasteiger partial charge on any atom is -0.481 e. The van der Waals surface area contributed by atoms with Crippen LogP contribution in [0.25, 0.3) is 0 Å². The Kier molecular flexibility index (Phi) is 6.29. The molecule has 1 heterocycles. The normalized spacial score (nSPS) is 13.7. The van der Waals surface area contributed by atoms with Crippen LogP contribution >= 0.6 is 0 Å². The average Bonchev–Trinajstić information content (AvgIpc) is 2.67. The predicted molar refractivity (Wildman–Crippen MR) is 98.5 cm³/mol. The molecule has 0 saturated heterocycles. The first kappa shape index (κ1) is 20.5. The van der Waals surface area contributed by atoms with Crippen molar-refractivity contribution in [1.82, 2.24) is 14.6 Å². The van der Waals surface area contributed by atoms with E-state index >= 15 is 0 Å². The summed E-state index contributed by atoms with van der Waals surface area (Å²) in [6.07, 6.45) is 2.64. The molecule has 0 aliphatic heterocycles. The maximum absolute atomic E-state index is 12.4. The van der Waals surface area contributed by atoms with Crippen LogP contribution in [0.2, 0.25) is 0 Å². The Hall–Kier alpha value is -2.78. The van der Waals surface area contributed by atoms with E-state index in [1.54, 1.807) is 30.3 Å². The Balaban J connectivity index is 2.06. The molecule has 8 nitrogen and oxygen atoms in total. The van der Waals surface area contributed by atoms with Gasteiger partial charge >= 0.3 is 5.97 Å². The van der Waals surface area contributed by atoms with Crippen molar-refractivity contribution >= 4 is 21.9 Å². The molecule has 9 heteroatoms. The van der Waals surface area contributed by atoms with Gasteiger partial charge in [-0.05, 0) is 24.6 Å². The molecule has 1 amide bonds. The van der Waals surface area contributed by atoms with Gasteiger partial charge in [-0.2, -0.15) is 4.31 Å². The molecule has 0 bridgehead atoms. The molecule has 27 heavy (non-hydrogen) atoms. The molecule has 0 saturated carbocycles. The summed E-state index contributed by atoms with van der Waals surface area (Å²) in [5.41, 5.74) is -0.799. The first-order valence-electron chi connectivity index (χ1n) is 8.10. The Labute approximate surface area is 157 Å². The number of rotatable bonds is 8. The van der Waals surface area contributed by atoms with Crippen molar-refractivity contribution in [3.63, 3.8) is 0 Å². The number of pyridine rings is 1. The summed E-state index contributed by atoms with van der Waals surface area (Å²) in [4.78, 5) is 27.7. The number of likely N-dealkylation sites (N-methyl/N-ethyl adjacent to an activating group) is 1. The summed E-state index contributed by atoms with van der Waals surface area (Å²) >= 11 is 0. The lowest BCUT2D eigenvalue weighted by molar-refractivity contribution is -0.143. The van der Waals surface area contributed by atoms with Crippen molar-refractivity contribution in [1.29, 1.82) is 0 Å². The van der Waals surface area contributed by atoms with Crippen molar-refractivity contribution in [3.8, 4) is 0 Å². The van der Waals surface area contributed by atoms with Crippen LogP contribution in [0.1, 0.15) is 12.5 Å². The standard InChI is InChI=1S/C18H21N3O5S/c1-18(17(23)24,14-7-4-3-5-8-14)13-20-16(22)12-21(2)27(25,26)15-9-6-10-19-11-15/h3-11H,12-13H2,1-2H3,(H,20,22)(H,23,24). The smallest absolute Gasteiger partial charge is 0.315 e. The Morgan fingerprint density at radius 2 is 1.85 bits per heavy atom. The van der Waals surface area contributed by atoms with Gasteiger partial charge in [0.15, 0.2) is 0 Å². The molecular weight excluding hydrogens is 370 g/mol. The van der Waals surface area contributed by atoms with E-state index < -0.39 is 33.9 Å². The zero-order chi connectivity index (χ0) is 20.1. The molecule has 0 aliphatic carbocycles. The highest BCUT2D eigenvalue weighted by Crippen LogP contribution is 2.23. The summed E-state index contributed by atoms with van der Waals surface area (Å²) < 4.78 is 25.7. The fourth-order valence-corrected chi connectivity index (χ4v) is 3.50. The molecule has 2 N–H and O–H groups in total. The number of carboxylic acid groups (broad SMARTS) is 1. The largest absolute Gasteiger partial charge is 0.481 e. The van der Waals surface area contributed by atoms with E-state index in [1.807, 2.05) is 0 Å². The molecule has 0 radical (unpaired) electrons. The van der Waals surface area contributed by atoms with Gasteiger partial charge in [0.1, 0.15) is 10.3 Å². The molecule has 0 aliphatic rings. The summed E-state index contributed by atoms with van der Waals surface area (Å²) in [5, 5.41) is 12.1. The predicted octanol–water partition coefficient (Wildman–Crippen LogP) is 0.861. The number of nitrogens with zero attached hydrogens (tertiary/aromatic N) is 2. The molecule has 0 fully saturated rings. The fraction of sp³-hybridized carbons (Fsp3) is 0.278. The van der Waals surface area contributed by atoms with E-state index in [4.69, 9.17) is 0 Å². The van der Waals surface area contributed by atoms with Crippen molar-refractivity contribution in [2.45, 2.75) is 17.2 Å². The number of nitrogens with one attached hydrogen (secondary N) is 1. The van der Waals surface area contributed by atoms with Gasteiger partial charge in [-0.15, -0.1) is 0 Å². The van der Waals surface area contributed by atoms with Crippen molar-refractivity contribution in [3.05, 3.63) is 60.4 Å².